The molecular formula is C20H23N5O3. The minimum absolute atomic E-state index is 0.0719. The molecule has 0 aliphatic carbocycles. The number of anilines is 1. The van der Waals surface area contributed by atoms with Gasteiger partial charge in [0.1, 0.15) is 11.5 Å². The molecular weight excluding hydrogens is 358 g/mol. The van der Waals surface area contributed by atoms with Crippen LogP contribution in [0.2, 0.25) is 0 Å². The normalized spacial score (nSPS) is 16.4. The molecule has 3 aromatic rings. The van der Waals surface area contributed by atoms with Crippen molar-refractivity contribution >= 4 is 22.8 Å². The van der Waals surface area contributed by atoms with Gasteiger partial charge >= 0.3 is 6.03 Å². The van der Waals surface area contributed by atoms with Crippen LogP contribution in [0, 0.1) is 6.92 Å². The molecule has 4 rings (SSSR count). The van der Waals surface area contributed by atoms with Gasteiger partial charge in [0.15, 0.2) is 5.65 Å². The number of hydrogen-bond acceptors (Lipinski definition) is 5. The average Bonchev–Trinajstić information content (AvgIpc) is 3.35. The van der Waals surface area contributed by atoms with Gasteiger partial charge in [-0.1, -0.05) is 0 Å². The Labute approximate surface area is 162 Å². The third-order valence-corrected chi connectivity index (χ3v) is 5.16. The van der Waals surface area contributed by atoms with Crippen LogP contribution in [0.25, 0.3) is 11.0 Å². The SMILES string of the molecule is COc1ccc(OC)c([C@H]2CCCN2C(=O)Nc2cnc3n[nH]c(C)c3c2)c1. The van der Waals surface area contributed by atoms with E-state index in [-0.39, 0.29) is 12.1 Å². The molecule has 0 radical (unpaired) electrons. The van der Waals surface area contributed by atoms with Gasteiger partial charge in [0.05, 0.1) is 32.1 Å². The lowest BCUT2D eigenvalue weighted by Gasteiger charge is -2.26. The van der Waals surface area contributed by atoms with E-state index in [9.17, 15) is 4.79 Å². The number of rotatable bonds is 4. The Kier molecular flexibility index (Phi) is 4.77. The molecule has 0 saturated carbocycles. The summed E-state index contributed by atoms with van der Waals surface area (Å²) in [6, 6.07) is 7.33. The summed E-state index contributed by atoms with van der Waals surface area (Å²) in [4.78, 5) is 19.1. The van der Waals surface area contributed by atoms with E-state index in [0.717, 1.165) is 41.0 Å². The molecule has 146 valence electrons. The number of aromatic amines is 1. The molecule has 0 bridgehead atoms. The van der Waals surface area contributed by atoms with E-state index in [1.54, 1.807) is 20.4 Å². The molecule has 2 N–H and O–H groups in total. The van der Waals surface area contributed by atoms with Crippen LogP contribution in [0.15, 0.2) is 30.5 Å². The molecule has 28 heavy (non-hydrogen) atoms. The molecule has 0 spiro atoms. The van der Waals surface area contributed by atoms with Gasteiger partial charge in [-0.3, -0.25) is 5.10 Å². The van der Waals surface area contributed by atoms with Gasteiger partial charge in [-0.05, 0) is 44.0 Å². The number of urea groups is 1. The fourth-order valence-corrected chi connectivity index (χ4v) is 3.72. The van der Waals surface area contributed by atoms with Crippen molar-refractivity contribution in [3.05, 3.63) is 41.7 Å². The van der Waals surface area contributed by atoms with Crippen molar-refractivity contribution in [3.63, 3.8) is 0 Å². The van der Waals surface area contributed by atoms with Gasteiger partial charge in [-0.15, -0.1) is 0 Å². The molecule has 8 heteroatoms. The summed E-state index contributed by atoms with van der Waals surface area (Å²) in [5.41, 5.74) is 3.15. The summed E-state index contributed by atoms with van der Waals surface area (Å²) in [5.74, 6) is 1.50. The number of ether oxygens (including phenoxy) is 2. The fourth-order valence-electron chi connectivity index (χ4n) is 3.72. The largest absolute Gasteiger partial charge is 0.497 e. The number of aromatic nitrogens is 3. The maximum Gasteiger partial charge on any atom is 0.322 e. The average molecular weight is 381 g/mol. The molecule has 1 aliphatic heterocycles. The molecule has 2 amide bonds. The first-order chi connectivity index (χ1) is 13.6. The van der Waals surface area contributed by atoms with E-state index in [4.69, 9.17) is 9.47 Å². The highest BCUT2D eigenvalue weighted by Gasteiger charge is 2.32. The van der Waals surface area contributed by atoms with Gasteiger partial charge in [-0.2, -0.15) is 5.10 Å². The third-order valence-electron chi connectivity index (χ3n) is 5.16. The first kappa shape index (κ1) is 18.1. The molecule has 1 atom stereocenters. The van der Waals surface area contributed by atoms with Gasteiger partial charge < -0.3 is 19.7 Å². The van der Waals surface area contributed by atoms with Gasteiger partial charge in [-0.25, -0.2) is 9.78 Å². The Morgan fingerprint density at radius 2 is 2.14 bits per heavy atom. The summed E-state index contributed by atoms with van der Waals surface area (Å²) in [6.45, 7) is 2.60. The Morgan fingerprint density at radius 3 is 2.93 bits per heavy atom. The molecule has 0 unspecified atom stereocenters. The van der Waals surface area contributed by atoms with Crippen LogP contribution in [0.5, 0.6) is 11.5 Å². The predicted molar refractivity (Wildman–Crippen MR) is 106 cm³/mol. The number of amides is 2. The number of nitrogens with zero attached hydrogens (tertiary/aromatic N) is 3. The van der Waals surface area contributed by atoms with Crippen LogP contribution >= 0.6 is 0 Å². The van der Waals surface area contributed by atoms with Crippen molar-refractivity contribution < 1.29 is 14.3 Å². The molecule has 2 aromatic heterocycles. The lowest BCUT2D eigenvalue weighted by Crippen LogP contribution is -2.34. The van der Waals surface area contributed by atoms with Crippen LogP contribution in [0.1, 0.15) is 30.1 Å². The zero-order valence-corrected chi connectivity index (χ0v) is 16.2. The number of likely N-dealkylation sites (tertiary alicyclic amines) is 1. The number of hydrogen-bond donors (Lipinski definition) is 2. The minimum atomic E-state index is -0.158. The number of carbonyl (C=O) groups is 1. The quantitative estimate of drug-likeness (QED) is 0.720. The zero-order valence-electron chi connectivity index (χ0n) is 16.2. The number of aryl methyl sites for hydroxylation is 1. The highest BCUT2D eigenvalue weighted by Crippen LogP contribution is 2.39. The highest BCUT2D eigenvalue weighted by molar-refractivity contribution is 5.92. The Bertz CT molecular complexity index is 1020. The van der Waals surface area contributed by atoms with Gasteiger partial charge in [0.2, 0.25) is 0 Å². The van der Waals surface area contributed by atoms with Crippen molar-refractivity contribution in [1.82, 2.24) is 20.1 Å². The van der Waals surface area contributed by atoms with E-state index in [1.807, 2.05) is 36.1 Å². The topological polar surface area (TPSA) is 92.4 Å². The van der Waals surface area contributed by atoms with E-state index >= 15 is 0 Å². The number of benzene rings is 1. The van der Waals surface area contributed by atoms with Crippen molar-refractivity contribution in [3.8, 4) is 11.5 Å². The summed E-state index contributed by atoms with van der Waals surface area (Å²) in [6.07, 6.45) is 3.42. The van der Waals surface area contributed by atoms with E-state index in [2.05, 4.69) is 20.5 Å². The monoisotopic (exact) mass is 381 g/mol. The van der Waals surface area contributed by atoms with Gasteiger partial charge in [0.25, 0.3) is 0 Å². The highest BCUT2D eigenvalue weighted by atomic mass is 16.5. The van der Waals surface area contributed by atoms with Crippen LogP contribution in [0.3, 0.4) is 0 Å². The molecule has 8 nitrogen and oxygen atoms in total. The van der Waals surface area contributed by atoms with Crippen molar-refractivity contribution in [1.29, 1.82) is 0 Å². The van der Waals surface area contributed by atoms with E-state index in [1.165, 1.54) is 0 Å². The molecule has 1 aliphatic rings. The first-order valence-corrected chi connectivity index (χ1v) is 9.21. The molecule has 1 fully saturated rings. The summed E-state index contributed by atoms with van der Waals surface area (Å²) in [5, 5.41) is 10.9. The van der Waals surface area contributed by atoms with Gasteiger partial charge in [0, 0.05) is 23.2 Å². The third kappa shape index (κ3) is 3.21. The fraction of sp³-hybridized carbons (Fsp3) is 0.350. The van der Waals surface area contributed by atoms with Crippen LogP contribution < -0.4 is 14.8 Å². The molecule has 1 saturated heterocycles. The standard InChI is InChI=1S/C20H23N5O3/c1-12-15-9-13(11-21-19(15)24-23-12)22-20(26)25-8-4-5-17(25)16-10-14(27-2)6-7-18(16)28-3/h6-7,9-11,17H,4-5,8H2,1-3H3,(H,22,26)(H,21,23,24)/t17-/m1/s1. The van der Waals surface area contributed by atoms with Crippen molar-refractivity contribution in [2.75, 3.05) is 26.1 Å². The smallest absolute Gasteiger partial charge is 0.322 e. The Hall–Kier alpha value is -3.29. The second-order valence-corrected chi connectivity index (χ2v) is 6.83. The Balaban J connectivity index is 1.59. The lowest BCUT2D eigenvalue weighted by molar-refractivity contribution is 0.206. The number of methoxy groups -OCH3 is 2. The number of H-pyrrole nitrogens is 1. The predicted octanol–water partition coefficient (Wildman–Crippen LogP) is 3.65. The van der Waals surface area contributed by atoms with Crippen molar-refractivity contribution in [2.24, 2.45) is 0 Å². The number of carbonyl (C=O) groups excluding carboxylic acids is 1. The first-order valence-electron chi connectivity index (χ1n) is 9.21. The number of nitrogens with one attached hydrogen (secondary N) is 2. The van der Waals surface area contributed by atoms with E-state index < -0.39 is 0 Å². The molecule has 1 aromatic carbocycles. The van der Waals surface area contributed by atoms with Crippen molar-refractivity contribution in [2.45, 2.75) is 25.8 Å². The summed E-state index contributed by atoms with van der Waals surface area (Å²) < 4.78 is 10.9. The maximum absolute atomic E-state index is 13.0. The van der Waals surface area contributed by atoms with Crippen LogP contribution in [0.4, 0.5) is 10.5 Å². The molecule has 3 heterocycles. The summed E-state index contributed by atoms with van der Waals surface area (Å²) in [7, 11) is 3.27. The van der Waals surface area contributed by atoms with Crippen LogP contribution in [-0.2, 0) is 0 Å². The lowest BCUT2D eigenvalue weighted by atomic mass is 10.0. The van der Waals surface area contributed by atoms with Crippen LogP contribution in [-0.4, -0.2) is 46.9 Å². The minimum Gasteiger partial charge on any atom is -0.497 e. The maximum atomic E-state index is 13.0. The second kappa shape index (κ2) is 7.38. The second-order valence-electron chi connectivity index (χ2n) is 6.83. The zero-order chi connectivity index (χ0) is 19.7. The van der Waals surface area contributed by atoms with E-state index in [0.29, 0.717) is 17.9 Å². The summed E-state index contributed by atoms with van der Waals surface area (Å²) >= 11 is 0. The Morgan fingerprint density at radius 1 is 1.29 bits per heavy atom. The number of pyridine rings is 1. The number of fused-ring (bicyclic) bond motifs is 1.